The molecule has 282 valence electrons. The van der Waals surface area contributed by atoms with Crippen molar-refractivity contribution in [2.75, 3.05) is 26.2 Å². The highest BCUT2D eigenvalue weighted by atomic mass is 16.6. The summed E-state index contributed by atoms with van der Waals surface area (Å²) < 4.78 is 22.9. The van der Waals surface area contributed by atoms with Gasteiger partial charge in [0.05, 0.1) is 18.2 Å². The molecule has 12 heteroatoms. The van der Waals surface area contributed by atoms with Crippen molar-refractivity contribution in [1.29, 1.82) is 0 Å². The Morgan fingerprint density at radius 2 is 1.33 bits per heavy atom. The molecule has 3 amide bonds. The lowest BCUT2D eigenvalue weighted by Gasteiger charge is -2.33. The van der Waals surface area contributed by atoms with E-state index in [0.717, 1.165) is 22.3 Å². The van der Waals surface area contributed by atoms with E-state index in [4.69, 9.17) is 18.9 Å². The van der Waals surface area contributed by atoms with Gasteiger partial charge in [0.15, 0.2) is 0 Å². The maximum Gasteiger partial charge on any atom is 0.410 e. The third kappa shape index (κ3) is 14.1. The van der Waals surface area contributed by atoms with Crippen LogP contribution in [0.3, 0.4) is 0 Å². The van der Waals surface area contributed by atoms with E-state index >= 15 is 0 Å². The van der Waals surface area contributed by atoms with Gasteiger partial charge >= 0.3 is 24.2 Å². The van der Waals surface area contributed by atoms with E-state index in [0.29, 0.717) is 19.3 Å². The molecule has 3 N–H and O–H groups in total. The van der Waals surface area contributed by atoms with Crippen LogP contribution in [0.15, 0.2) is 48.5 Å². The minimum Gasteiger partial charge on any atom is -0.480 e. The van der Waals surface area contributed by atoms with Gasteiger partial charge in [-0.15, -0.1) is 0 Å². The molecule has 2 aromatic carbocycles. The van der Waals surface area contributed by atoms with Gasteiger partial charge in [-0.3, -0.25) is 0 Å². The molecular formula is C39H57N3O9. The number of nitrogens with zero attached hydrogens (tertiary/aromatic N) is 1. The van der Waals surface area contributed by atoms with Crippen LogP contribution in [0.4, 0.5) is 14.4 Å². The van der Waals surface area contributed by atoms with Gasteiger partial charge in [0.1, 0.15) is 23.9 Å². The van der Waals surface area contributed by atoms with Crippen molar-refractivity contribution in [2.45, 2.75) is 123 Å². The second-order valence-corrected chi connectivity index (χ2v) is 15.9. The second-order valence-electron chi connectivity index (χ2n) is 15.9. The number of aliphatic carboxylic acids is 1. The molecule has 2 atom stereocenters. The number of ether oxygens (including phenoxy) is 4. The first-order chi connectivity index (χ1) is 23.7. The van der Waals surface area contributed by atoms with Gasteiger partial charge in [0.2, 0.25) is 0 Å². The highest BCUT2D eigenvalue weighted by Gasteiger charge is 2.31. The van der Waals surface area contributed by atoms with Gasteiger partial charge in [-0.05, 0) is 110 Å². The van der Waals surface area contributed by atoms with Crippen molar-refractivity contribution in [2.24, 2.45) is 0 Å². The number of alkyl carbamates (subject to hydrolysis) is 2. The van der Waals surface area contributed by atoms with Gasteiger partial charge < -0.3 is 39.6 Å². The summed E-state index contributed by atoms with van der Waals surface area (Å²) in [6.07, 6.45) is -0.961. The molecule has 51 heavy (non-hydrogen) atoms. The summed E-state index contributed by atoms with van der Waals surface area (Å²) in [4.78, 5) is 52.0. The van der Waals surface area contributed by atoms with Crippen LogP contribution in [-0.2, 0) is 23.7 Å². The Kier molecular flexibility index (Phi) is 14.3. The predicted molar refractivity (Wildman–Crippen MR) is 195 cm³/mol. The molecule has 1 aliphatic carbocycles. The quantitative estimate of drug-likeness (QED) is 0.126. The summed E-state index contributed by atoms with van der Waals surface area (Å²) in [5.41, 5.74) is 2.41. The topological polar surface area (TPSA) is 153 Å². The minimum absolute atomic E-state index is 0.0716. The van der Waals surface area contributed by atoms with Crippen LogP contribution in [0.1, 0.15) is 105 Å². The zero-order valence-corrected chi connectivity index (χ0v) is 31.7. The standard InChI is InChI=1S/C39H57N3O9/c1-37(2,3)49-26(21-22-40-34(45)50-38(4,5)6)24-42(36(47)51-39(7,8)9)23-15-14-20-32(33(43)44)41-35(46)48-25-31-29-18-12-10-16-27(29)28-17-11-13-19-30(28)31/h10-13,16-19,26,31-32H,14-15,20-25H2,1-9H3,(H,40,45)(H,41,46)(H,43,44)/t26-,32+/m1/s1. The largest absolute Gasteiger partial charge is 0.480 e. The lowest BCUT2D eigenvalue weighted by molar-refractivity contribution is -0.139. The molecule has 0 aliphatic heterocycles. The van der Waals surface area contributed by atoms with Crippen LogP contribution in [0.2, 0.25) is 0 Å². The zero-order chi connectivity index (χ0) is 38.0. The number of nitrogens with one attached hydrogen (secondary N) is 2. The molecule has 0 saturated heterocycles. The van der Waals surface area contributed by atoms with Gasteiger partial charge in [0, 0.05) is 19.0 Å². The Bertz CT molecular complexity index is 1440. The van der Waals surface area contributed by atoms with E-state index in [1.165, 1.54) is 0 Å². The van der Waals surface area contributed by atoms with Gasteiger partial charge in [0.25, 0.3) is 0 Å². The van der Waals surface area contributed by atoms with E-state index in [1.807, 2.05) is 69.3 Å². The Morgan fingerprint density at radius 3 is 1.86 bits per heavy atom. The fourth-order valence-corrected chi connectivity index (χ4v) is 5.86. The van der Waals surface area contributed by atoms with Crippen molar-refractivity contribution in [3.8, 4) is 11.1 Å². The summed E-state index contributed by atoms with van der Waals surface area (Å²) in [5, 5.41) is 15.1. The number of amides is 3. The number of carbonyl (C=O) groups excluding carboxylic acids is 3. The Balaban J connectivity index is 1.58. The van der Waals surface area contributed by atoms with Crippen molar-refractivity contribution in [3.63, 3.8) is 0 Å². The van der Waals surface area contributed by atoms with E-state index in [1.54, 1.807) is 46.4 Å². The van der Waals surface area contributed by atoms with Crippen molar-refractivity contribution >= 4 is 24.2 Å². The first kappa shape index (κ1) is 41.1. The second kappa shape index (κ2) is 17.7. The lowest BCUT2D eigenvalue weighted by atomic mass is 9.98. The third-order valence-corrected chi connectivity index (χ3v) is 7.84. The number of carboxylic acid groups (broad SMARTS) is 1. The van der Waals surface area contributed by atoms with Crippen LogP contribution in [-0.4, -0.2) is 89.4 Å². The average Bonchev–Trinajstić information content (AvgIpc) is 3.31. The molecule has 0 bridgehead atoms. The zero-order valence-electron chi connectivity index (χ0n) is 31.7. The molecule has 3 rings (SSSR count). The maximum atomic E-state index is 13.3. The van der Waals surface area contributed by atoms with Gasteiger partial charge in [-0.25, -0.2) is 19.2 Å². The van der Waals surface area contributed by atoms with Crippen LogP contribution in [0, 0.1) is 0 Å². The van der Waals surface area contributed by atoms with E-state index in [-0.39, 0.29) is 38.6 Å². The summed E-state index contributed by atoms with van der Waals surface area (Å²) >= 11 is 0. The molecule has 2 aromatic rings. The SMILES string of the molecule is CC(C)(C)OC(=O)NCC[C@H](CN(CCCC[C@H](NC(=O)OCC1c2ccccc2-c2ccccc21)C(=O)O)C(=O)OC(C)(C)C)OC(C)(C)C. The number of unbranched alkanes of at least 4 members (excludes halogenated alkanes) is 1. The summed E-state index contributed by atoms with van der Waals surface area (Å²) in [6, 6.07) is 14.8. The molecule has 0 heterocycles. The maximum absolute atomic E-state index is 13.3. The normalized spacial score (nSPS) is 14.1. The fourth-order valence-electron chi connectivity index (χ4n) is 5.86. The number of fused-ring (bicyclic) bond motifs is 3. The van der Waals surface area contributed by atoms with E-state index in [9.17, 15) is 24.3 Å². The van der Waals surface area contributed by atoms with Crippen molar-refractivity contribution in [1.82, 2.24) is 15.5 Å². The number of carbonyl (C=O) groups is 4. The molecule has 0 spiro atoms. The van der Waals surface area contributed by atoms with Crippen LogP contribution < -0.4 is 10.6 Å². The predicted octanol–water partition coefficient (Wildman–Crippen LogP) is 7.48. The van der Waals surface area contributed by atoms with Crippen molar-refractivity contribution in [3.05, 3.63) is 59.7 Å². The number of carboxylic acids is 1. The number of rotatable bonds is 15. The minimum atomic E-state index is -1.18. The summed E-state index contributed by atoms with van der Waals surface area (Å²) in [6.45, 7) is 17.2. The molecular weight excluding hydrogens is 654 g/mol. The Labute approximate surface area is 302 Å². The van der Waals surface area contributed by atoms with Gasteiger partial charge in [-0.1, -0.05) is 48.5 Å². The highest BCUT2D eigenvalue weighted by Crippen LogP contribution is 2.44. The smallest absolute Gasteiger partial charge is 0.410 e. The molecule has 0 unspecified atom stereocenters. The molecule has 1 aliphatic rings. The first-order valence-electron chi connectivity index (χ1n) is 17.7. The fraction of sp³-hybridized carbons (Fsp3) is 0.590. The molecule has 0 saturated carbocycles. The van der Waals surface area contributed by atoms with Crippen LogP contribution in [0.5, 0.6) is 0 Å². The third-order valence-electron chi connectivity index (χ3n) is 7.84. The number of hydrogen-bond acceptors (Lipinski definition) is 8. The van der Waals surface area contributed by atoms with Gasteiger partial charge in [-0.2, -0.15) is 0 Å². The molecule has 0 aromatic heterocycles. The van der Waals surface area contributed by atoms with E-state index < -0.39 is 53.2 Å². The van der Waals surface area contributed by atoms with Crippen molar-refractivity contribution < 1.29 is 43.2 Å². The number of hydrogen-bond donors (Lipinski definition) is 3. The number of benzene rings is 2. The monoisotopic (exact) mass is 711 g/mol. The van der Waals surface area contributed by atoms with Crippen LogP contribution >= 0.6 is 0 Å². The molecule has 0 radical (unpaired) electrons. The molecule has 12 nitrogen and oxygen atoms in total. The Morgan fingerprint density at radius 1 is 0.765 bits per heavy atom. The first-order valence-corrected chi connectivity index (χ1v) is 17.7. The lowest BCUT2D eigenvalue weighted by Crippen LogP contribution is -2.45. The molecule has 0 fully saturated rings. The van der Waals surface area contributed by atoms with E-state index in [2.05, 4.69) is 10.6 Å². The summed E-state index contributed by atoms with van der Waals surface area (Å²) in [5.74, 6) is -1.33. The summed E-state index contributed by atoms with van der Waals surface area (Å²) in [7, 11) is 0. The Hall–Kier alpha value is -4.32. The highest BCUT2D eigenvalue weighted by molar-refractivity contribution is 5.81. The average molecular weight is 712 g/mol. The van der Waals surface area contributed by atoms with Crippen LogP contribution in [0.25, 0.3) is 11.1 Å².